The van der Waals surface area contributed by atoms with Crippen molar-refractivity contribution in [3.8, 4) is 6.07 Å². The van der Waals surface area contributed by atoms with Crippen LogP contribution in [0.5, 0.6) is 0 Å². The molecule has 0 saturated carbocycles. The van der Waals surface area contributed by atoms with Crippen molar-refractivity contribution in [1.29, 1.82) is 5.26 Å². The second-order valence-corrected chi connectivity index (χ2v) is 5.41. The van der Waals surface area contributed by atoms with Gasteiger partial charge in [0.25, 0.3) is 5.69 Å². The van der Waals surface area contributed by atoms with Gasteiger partial charge >= 0.3 is 0 Å². The number of nitrogens with zero attached hydrogens (tertiary/aromatic N) is 4. The first kappa shape index (κ1) is 16.2. The average Bonchev–Trinajstić information content (AvgIpc) is 3.07. The van der Waals surface area contributed by atoms with Crippen molar-refractivity contribution in [3.63, 3.8) is 0 Å². The van der Waals surface area contributed by atoms with Crippen LogP contribution in [-0.4, -0.2) is 14.5 Å². The van der Waals surface area contributed by atoms with E-state index >= 15 is 0 Å². The molecule has 2 aromatic carbocycles. The van der Waals surface area contributed by atoms with Gasteiger partial charge in [-0.15, -0.1) is 0 Å². The number of nitriles is 1. The molecule has 0 radical (unpaired) electrons. The van der Waals surface area contributed by atoms with Crippen LogP contribution in [0.25, 0.3) is 0 Å². The van der Waals surface area contributed by atoms with Crippen molar-refractivity contribution in [3.05, 3.63) is 88.0 Å². The lowest BCUT2D eigenvalue weighted by molar-refractivity contribution is -0.384. The molecule has 3 rings (SSSR count). The summed E-state index contributed by atoms with van der Waals surface area (Å²) in [6, 6.07) is 16.2. The summed E-state index contributed by atoms with van der Waals surface area (Å²) < 4.78 is 2.01. The number of hydrogen-bond acceptors (Lipinski definition) is 5. The van der Waals surface area contributed by atoms with Gasteiger partial charge in [-0.25, -0.2) is 4.98 Å². The minimum Gasteiger partial charge on any atom is -0.377 e. The number of benzene rings is 2. The molecule has 7 heteroatoms. The maximum absolute atomic E-state index is 10.8. The third-order valence-electron chi connectivity index (χ3n) is 3.77. The number of aromatic nitrogens is 2. The van der Waals surface area contributed by atoms with Crippen LogP contribution in [0.3, 0.4) is 0 Å². The van der Waals surface area contributed by atoms with E-state index in [1.165, 1.54) is 12.1 Å². The van der Waals surface area contributed by atoms with E-state index in [0.29, 0.717) is 18.8 Å². The predicted octanol–water partition coefficient (Wildman–Crippen LogP) is 3.32. The first-order valence-electron chi connectivity index (χ1n) is 7.63. The van der Waals surface area contributed by atoms with E-state index in [2.05, 4.69) is 10.3 Å². The lowest BCUT2D eigenvalue weighted by Gasteiger charge is -2.11. The summed E-state index contributed by atoms with van der Waals surface area (Å²) in [5.41, 5.74) is 1.83. The summed E-state index contributed by atoms with van der Waals surface area (Å²) in [6.45, 7) is 1.11. The highest BCUT2D eigenvalue weighted by Crippen LogP contribution is 2.22. The molecule has 0 bridgehead atoms. The van der Waals surface area contributed by atoms with Crippen molar-refractivity contribution < 1.29 is 4.92 Å². The normalized spacial score (nSPS) is 10.2. The molecular weight excluding hydrogens is 318 g/mol. The smallest absolute Gasteiger partial charge is 0.270 e. The zero-order valence-electron chi connectivity index (χ0n) is 13.3. The number of anilines is 1. The Morgan fingerprint density at radius 3 is 2.76 bits per heavy atom. The summed E-state index contributed by atoms with van der Waals surface area (Å²) in [5.74, 6) is 0.811. The third-order valence-corrected chi connectivity index (χ3v) is 3.77. The van der Waals surface area contributed by atoms with E-state index in [1.807, 2.05) is 47.2 Å². The van der Waals surface area contributed by atoms with Crippen LogP contribution in [0.1, 0.15) is 17.0 Å². The Kier molecular flexibility index (Phi) is 4.72. The zero-order chi connectivity index (χ0) is 17.6. The van der Waals surface area contributed by atoms with Crippen LogP contribution in [-0.2, 0) is 13.1 Å². The summed E-state index contributed by atoms with van der Waals surface area (Å²) in [4.78, 5) is 14.6. The summed E-state index contributed by atoms with van der Waals surface area (Å²) in [6.07, 6.45) is 3.62. The van der Waals surface area contributed by atoms with Crippen molar-refractivity contribution >= 4 is 11.4 Å². The SMILES string of the molecule is N#Cc1cc([N+](=O)[O-])ccc1NCc1nccn1Cc1ccccc1. The number of non-ortho nitro benzene ring substituents is 1. The van der Waals surface area contributed by atoms with Crippen LogP contribution in [0.4, 0.5) is 11.4 Å². The summed E-state index contributed by atoms with van der Waals surface area (Å²) in [7, 11) is 0. The number of nitro benzene ring substituents is 1. The van der Waals surface area contributed by atoms with E-state index in [-0.39, 0.29) is 11.3 Å². The van der Waals surface area contributed by atoms with Crippen molar-refractivity contribution in [2.45, 2.75) is 13.1 Å². The van der Waals surface area contributed by atoms with E-state index in [9.17, 15) is 15.4 Å². The summed E-state index contributed by atoms with van der Waals surface area (Å²) in [5, 5.41) is 23.1. The molecule has 0 amide bonds. The van der Waals surface area contributed by atoms with Gasteiger partial charge in [-0.05, 0) is 11.6 Å². The van der Waals surface area contributed by atoms with Crippen LogP contribution in [0.15, 0.2) is 60.9 Å². The number of rotatable bonds is 6. The minimum atomic E-state index is -0.517. The average molecular weight is 333 g/mol. The Morgan fingerprint density at radius 1 is 1.24 bits per heavy atom. The maximum Gasteiger partial charge on any atom is 0.270 e. The van der Waals surface area contributed by atoms with E-state index in [4.69, 9.17) is 0 Å². The predicted molar refractivity (Wildman–Crippen MR) is 92.9 cm³/mol. The molecule has 124 valence electrons. The highest BCUT2D eigenvalue weighted by molar-refractivity contribution is 5.61. The standard InChI is InChI=1S/C18H15N5O2/c19-11-15-10-16(23(24)25)6-7-17(15)21-12-18-20-8-9-22(18)13-14-4-2-1-3-5-14/h1-10,21H,12-13H2. The second-order valence-electron chi connectivity index (χ2n) is 5.41. The molecular formula is C18H15N5O2. The zero-order valence-corrected chi connectivity index (χ0v) is 13.3. The fourth-order valence-electron chi connectivity index (χ4n) is 2.50. The lowest BCUT2D eigenvalue weighted by Crippen LogP contribution is -2.10. The molecule has 0 aliphatic rings. The molecule has 0 atom stereocenters. The molecule has 3 aromatic rings. The topological polar surface area (TPSA) is 96.8 Å². The van der Waals surface area contributed by atoms with Gasteiger partial charge in [0, 0.05) is 31.1 Å². The van der Waals surface area contributed by atoms with Gasteiger partial charge in [-0.1, -0.05) is 30.3 Å². The fourth-order valence-corrected chi connectivity index (χ4v) is 2.50. The first-order chi connectivity index (χ1) is 12.2. The number of nitro groups is 1. The van der Waals surface area contributed by atoms with E-state index in [0.717, 1.165) is 11.4 Å². The van der Waals surface area contributed by atoms with Crippen molar-refractivity contribution in [2.24, 2.45) is 0 Å². The van der Waals surface area contributed by atoms with Crippen molar-refractivity contribution in [1.82, 2.24) is 9.55 Å². The Labute approximate surface area is 144 Å². The molecule has 0 aliphatic carbocycles. The molecule has 0 aliphatic heterocycles. The first-order valence-corrected chi connectivity index (χ1v) is 7.63. The Morgan fingerprint density at radius 2 is 2.04 bits per heavy atom. The minimum absolute atomic E-state index is 0.104. The molecule has 7 nitrogen and oxygen atoms in total. The molecule has 1 heterocycles. The summed E-state index contributed by atoms with van der Waals surface area (Å²) >= 11 is 0. The molecule has 25 heavy (non-hydrogen) atoms. The Balaban J connectivity index is 1.74. The highest BCUT2D eigenvalue weighted by Gasteiger charge is 2.11. The Bertz CT molecular complexity index is 928. The van der Waals surface area contributed by atoms with Gasteiger partial charge in [0.1, 0.15) is 11.9 Å². The molecule has 0 spiro atoms. The van der Waals surface area contributed by atoms with E-state index < -0.39 is 4.92 Å². The third kappa shape index (κ3) is 3.82. The molecule has 1 aromatic heterocycles. The van der Waals surface area contributed by atoms with Crippen molar-refractivity contribution in [2.75, 3.05) is 5.32 Å². The van der Waals surface area contributed by atoms with Gasteiger partial charge in [0.2, 0.25) is 0 Å². The van der Waals surface area contributed by atoms with Gasteiger partial charge in [0.05, 0.1) is 22.7 Å². The second kappa shape index (κ2) is 7.27. The van der Waals surface area contributed by atoms with Crippen LogP contribution < -0.4 is 5.32 Å². The number of imidazole rings is 1. The van der Waals surface area contributed by atoms with Crippen LogP contribution in [0.2, 0.25) is 0 Å². The Hall–Kier alpha value is -3.66. The van der Waals surface area contributed by atoms with Gasteiger partial charge in [0.15, 0.2) is 0 Å². The number of nitrogens with one attached hydrogen (secondary N) is 1. The maximum atomic E-state index is 10.8. The molecule has 0 unspecified atom stereocenters. The van der Waals surface area contributed by atoms with Gasteiger partial charge in [-0.2, -0.15) is 5.26 Å². The lowest BCUT2D eigenvalue weighted by atomic mass is 10.1. The molecule has 1 N–H and O–H groups in total. The van der Waals surface area contributed by atoms with E-state index in [1.54, 1.807) is 12.3 Å². The fraction of sp³-hybridized carbons (Fsp3) is 0.111. The number of hydrogen-bond donors (Lipinski definition) is 1. The largest absolute Gasteiger partial charge is 0.377 e. The monoisotopic (exact) mass is 333 g/mol. The molecule has 0 saturated heterocycles. The molecule has 0 fully saturated rings. The quantitative estimate of drug-likeness (QED) is 0.551. The van der Waals surface area contributed by atoms with Gasteiger partial charge < -0.3 is 9.88 Å². The van der Waals surface area contributed by atoms with Crippen LogP contribution >= 0.6 is 0 Å². The van der Waals surface area contributed by atoms with Crippen LogP contribution in [0, 0.1) is 21.4 Å². The van der Waals surface area contributed by atoms with Gasteiger partial charge in [-0.3, -0.25) is 10.1 Å². The highest BCUT2D eigenvalue weighted by atomic mass is 16.6.